The maximum atomic E-state index is 12.9. The number of aliphatic carboxylic acids is 1. The predicted molar refractivity (Wildman–Crippen MR) is 116 cm³/mol. The van der Waals surface area contributed by atoms with Gasteiger partial charge in [0.2, 0.25) is 11.8 Å². The molecule has 0 saturated carbocycles. The van der Waals surface area contributed by atoms with Crippen LogP contribution in [0.1, 0.15) is 25.0 Å². The fraction of sp³-hybridized carbons (Fsp3) is 0.348. The zero-order valence-electron chi connectivity index (χ0n) is 17.6. The molecule has 8 heteroatoms. The number of carbonyl (C=O) groups is 3. The van der Waals surface area contributed by atoms with E-state index in [1.807, 2.05) is 30.3 Å². The van der Waals surface area contributed by atoms with E-state index < -0.39 is 35.9 Å². The fourth-order valence-corrected chi connectivity index (χ4v) is 3.08. The predicted octanol–water partition coefficient (Wildman–Crippen LogP) is 1.21. The number of phenolic OH excluding ortho intramolecular Hbond substituents is 1. The Kier molecular flexibility index (Phi) is 8.57. The van der Waals surface area contributed by atoms with Gasteiger partial charge in [-0.25, -0.2) is 4.79 Å². The molecule has 3 atom stereocenters. The molecule has 0 heterocycles. The summed E-state index contributed by atoms with van der Waals surface area (Å²) in [5, 5.41) is 24.0. The summed E-state index contributed by atoms with van der Waals surface area (Å²) in [6, 6.07) is 12.5. The Morgan fingerprint density at radius 1 is 0.871 bits per heavy atom. The van der Waals surface area contributed by atoms with Gasteiger partial charge < -0.3 is 26.6 Å². The molecule has 0 bridgehead atoms. The van der Waals surface area contributed by atoms with Gasteiger partial charge in [0.25, 0.3) is 0 Å². The average Bonchev–Trinajstić information content (AvgIpc) is 2.73. The maximum Gasteiger partial charge on any atom is 0.326 e. The van der Waals surface area contributed by atoms with Crippen LogP contribution < -0.4 is 16.4 Å². The van der Waals surface area contributed by atoms with Gasteiger partial charge in [0, 0.05) is 6.42 Å². The molecule has 2 rings (SSSR count). The van der Waals surface area contributed by atoms with Crippen molar-refractivity contribution in [2.45, 2.75) is 44.8 Å². The number of aromatic hydroxyl groups is 1. The monoisotopic (exact) mass is 427 g/mol. The van der Waals surface area contributed by atoms with E-state index in [0.717, 1.165) is 5.56 Å². The summed E-state index contributed by atoms with van der Waals surface area (Å²) in [5.74, 6) is -2.55. The van der Waals surface area contributed by atoms with Crippen LogP contribution in [0.25, 0.3) is 0 Å². The van der Waals surface area contributed by atoms with Crippen molar-refractivity contribution in [1.29, 1.82) is 0 Å². The largest absolute Gasteiger partial charge is 0.508 e. The third-order valence-electron chi connectivity index (χ3n) is 4.87. The van der Waals surface area contributed by atoms with Crippen molar-refractivity contribution in [3.05, 3.63) is 65.7 Å². The van der Waals surface area contributed by atoms with Crippen LogP contribution in [0.5, 0.6) is 5.75 Å². The second kappa shape index (κ2) is 11.1. The lowest BCUT2D eigenvalue weighted by molar-refractivity contribution is -0.143. The molecule has 0 aliphatic rings. The Bertz CT molecular complexity index is 884. The Balaban J connectivity index is 2.15. The number of hydrogen-bond donors (Lipinski definition) is 5. The quantitative estimate of drug-likeness (QED) is 0.386. The Hall–Kier alpha value is -3.39. The van der Waals surface area contributed by atoms with Crippen molar-refractivity contribution in [2.75, 3.05) is 0 Å². The van der Waals surface area contributed by atoms with E-state index in [4.69, 9.17) is 5.73 Å². The molecule has 8 nitrogen and oxygen atoms in total. The van der Waals surface area contributed by atoms with Crippen LogP contribution in [-0.4, -0.2) is 46.1 Å². The molecule has 166 valence electrons. The molecule has 0 aromatic heterocycles. The van der Waals surface area contributed by atoms with Crippen LogP contribution in [0.3, 0.4) is 0 Å². The first-order valence-corrected chi connectivity index (χ1v) is 10.1. The lowest BCUT2D eigenvalue weighted by atomic mass is 10.0. The van der Waals surface area contributed by atoms with Gasteiger partial charge >= 0.3 is 5.97 Å². The smallest absolute Gasteiger partial charge is 0.326 e. The topological polar surface area (TPSA) is 142 Å². The first-order chi connectivity index (χ1) is 14.7. The van der Waals surface area contributed by atoms with Gasteiger partial charge in [0.1, 0.15) is 17.8 Å². The third kappa shape index (κ3) is 7.42. The molecule has 31 heavy (non-hydrogen) atoms. The lowest BCUT2D eigenvalue weighted by Crippen LogP contribution is -2.56. The van der Waals surface area contributed by atoms with E-state index in [2.05, 4.69) is 10.6 Å². The van der Waals surface area contributed by atoms with Gasteiger partial charge in [-0.2, -0.15) is 0 Å². The normalized spacial score (nSPS) is 13.8. The summed E-state index contributed by atoms with van der Waals surface area (Å²) in [6.07, 6.45) is 0.407. The third-order valence-corrected chi connectivity index (χ3v) is 4.87. The molecular weight excluding hydrogens is 398 g/mol. The Morgan fingerprint density at radius 3 is 2.00 bits per heavy atom. The van der Waals surface area contributed by atoms with Gasteiger partial charge in [-0.05, 0) is 35.6 Å². The summed E-state index contributed by atoms with van der Waals surface area (Å²) in [4.78, 5) is 37.0. The molecule has 0 saturated heterocycles. The van der Waals surface area contributed by atoms with E-state index in [-0.39, 0.29) is 18.1 Å². The molecule has 0 aliphatic heterocycles. The van der Waals surface area contributed by atoms with Gasteiger partial charge in [-0.15, -0.1) is 0 Å². The van der Waals surface area contributed by atoms with E-state index in [0.29, 0.717) is 12.0 Å². The molecule has 2 aromatic carbocycles. The highest BCUT2D eigenvalue weighted by atomic mass is 16.4. The first kappa shape index (κ1) is 23.9. The van der Waals surface area contributed by atoms with Crippen LogP contribution >= 0.6 is 0 Å². The molecular formula is C23H29N3O5. The number of amides is 2. The highest BCUT2D eigenvalue weighted by Crippen LogP contribution is 2.12. The molecule has 0 aliphatic carbocycles. The van der Waals surface area contributed by atoms with Crippen LogP contribution in [0.4, 0.5) is 0 Å². The number of carboxylic acid groups (broad SMARTS) is 1. The van der Waals surface area contributed by atoms with E-state index in [9.17, 15) is 24.6 Å². The van der Waals surface area contributed by atoms with Crippen LogP contribution in [0.15, 0.2) is 54.6 Å². The number of hydrogen-bond acceptors (Lipinski definition) is 5. The standard InChI is InChI=1S/C23H29N3O5/c1-14(2)20(23(30)31)26-22(29)19(13-16-8-10-17(27)11-9-16)25-21(28)18(24)12-15-6-4-3-5-7-15/h3-11,14,18-20,27H,12-13,24H2,1-2H3,(H,25,28)(H,26,29)(H,30,31)/t18-,19-,20-/m0/s1. The minimum atomic E-state index is -1.15. The van der Waals surface area contributed by atoms with E-state index >= 15 is 0 Å². The highest BCUT2D eigenvalue weighted by Gasteiger charge is 2.29. The summed E-state index contributed by atoms with van der Waals surface area (Å²) in [6.45, 7) is 3.37. The second-order valence-corrected chi connectivity index (χ2v) is 7.80. The van der Waals surface area contributed by atoms with Crippen molar-refractivity contribution in [3.8, 4) is 5.75 Å². The summed E-state index contributed by atoms with van der Waals surface area (Å²) in [7, 11) is 0. The number of phenols is 1. The van der Waals surface area contributed by atoms with Crippen molar-refractivity contribution < 1.29 is 24.6 Å². The summed E-state index contributed by atoms with van der Waals surface area (Å²) >= 11 is 0. The summed E-state index contributed by atoms with van der Waals surface area (Å²) < 4.78 is 0. The van der Waals surface area contributed by atoms with Crippen LogP contribution in [0.2, 0.25) is 0 Å². The second-order valence-electron chi connectivity index (χ2n) is 7.80. The van der Waals surface area contributed by atoms with E-state index in [1.54, 1.807) is 26.0 Å². The van der Waals surface area contributed by atoms with Crippen molar-refractivity contribution in [1.82, 2.24) is 10.6 Å². The van der Waals surface area contributed by atoms with E-state index in [1.165, 1.54) is 12.1 Å². The van der Waals surface area contributed by atoms with Crippen LogP contribution in [0, 0.1) is 5.92 Å². The molecule has 6 N–H and O–H groups in total. The molecule has 0 fully saturated rings. The molecule has 2 amide bonds. The number of rotatable bonds is 10. The highest BCUT2D eigenvalue weighted by molar-refractivity contribution is 5.92. The Labute approximate surface area is 181 Å². The number of carbonyl (C=O) groups excluding carboxylic acids is 2. The zero-order chi connectivity index (χ0) is 23.0. The zero-order valence-corrected chi connectivity index (χ0v) is 17.6. The average molecular weight is 428 g/mol. The molecule has 0 unspecified atom stereocenters. The maximum absolute atomic E-state index is 12.9. The number of nitrogens with two attached hydrogens (primary N) is 1. The summed E-state index contributed by atoms with van der Waals surface area (Å²) in [5.41, 5.74) is 7.61. The molecule has 2 aromatic rings. The van der Waals surface area contributed by atoms with Gasteiger partial charge in [-0.3, -0.25) is 9.59 Å². The Morgan fingerprint density at radius 2 is 1.45 bits per heavy atom. The fourth-order valence-electron chi connectivity index (χ4n) is 3.08. The SMILES string of the molecule is CC(C)[C@H](NC(=O)[C@H](Cc1ccc(O)cc1)NC(=O)[C@@H](N)Cc1ccccc1)C(=O)O. The van der Waals surface area contributed by atoms with Gasteiger partial charge in [-0.1, -0.05) is 56.3 Å². The van der Waals surface area contributed by atoms with Gasteiger partial charge in [0.05, 0.1) is 6.04 Å². The molecule has 0 radical (unpaired) electrons. The lowest BCUT2D eigenvalue weighted by Gasteiger charge is -2.24. The minimum Gasteiger partial charge on any atom is -0.508 e. The number of nitrogens with one attached hydrogen (secondary N) is 2. The van der Waals surface area contributed by atoms with Crippen LogP contribution in [-0.2, 0) is 27.2 Å². The molecule has 0 spiro atoms. The van der Waals surface area contributed by atoms with Crippen molar-refractivity contribution >= 4 is 17.8 Å². The first-order valence-electron chi connectivity index (χ1n) is 10.1. The van der Waals surface area contributed by atoms with Crippen molar-refractivity contribution in [2.24, 2.45) is 11.7 Å². The number of benzene rings is 2. The van der Waals surface area contributed by atoms with Crippen molar-refractivity contribution in [3.63, 3.8) is 0 Å². The van der Waals surface area contributed by atoms with Gasteiger partial charge in [0.15, 0.2) is 0 Å². The number of carboxylic acids is 1. The minimum absolute atomic E-state index is 0.0735.